The van der Waals surface area contributed by atoms with E-state index in [1.54, 1.807) is 25.1 Å². The molecule has 4 aromatic carbocycles. The van der Waals surface area contributed by atoms with Crippen LogP contribution in [0.5, 0.6) is 5.75 Å². The Balaban J connectivity index is 0.000000295. The second kappa shape index (κ2) is 13.7. The molecule has 268 valence electrons. The number of aromatic nitrogens is 1. The quantitative estimate of drug-likeness (QED) is 0.0873. The number of nitrogens with two attached hydrogens (primary N) is 2. The Morgan fingerprint density at radius 2 is 1.18 bits per heavy atom. The minimum Gasteiger partial charge on any atom is -0.508 e. The Kier molecular flexibility index (Phi) is 10.5. The fourth-order valence-corrected chi connectivity index (χ4v) is 6.32. The van der Waals surface area contributed by atoms with Crippen LogP contribution < -0.4 is 33.4 Å². The molecule has 9 heteroatoms. The molecule has 2 atom stereocenters. The maximum atomic E-state index is 13.5. The van der Waals surface area contributed by atoms with Crippen molar-refractivity contribution >= 4 is 43.7 Å². The van der Waals surface area contributed by atoms with Crippen molar-refractivity contribution in [2.24, 2.45) is 11.3 Å². The summed E-state index contributed by atoms with van der Waals surface area (Å²) in [4.78, 5) is 53.6. The van der Waals surface area contributed by atoms with Gasteiger partial charge in [-0.25, -0.2) is 0 Å². The minimum absolute atomic E-state index is 0.121. The number of anilines is 2. The number of benzene rings is 4. The summed E-state index contributed by atoms with van der Waals surface area (Å²) in [6.45, 7) is 22.6. The van der Waals surface area contributed by atoms with Crippen LogP contribution in [0.4, 0.5) is 11.4 Å². The number of hydrogen-bond donors (Lipinski definition) is 3. The smallest absolute Gasteiger partial charge is 0.264 e. The number of ether oxygens (including phenoxy) is 1. The van der Waals surface area contributed by atoms with Crippen molar-refractivity contribution in [1.29, 1.82) is 0 Å². The average molecular weight is 684 g/mol. The highest BCUT2D eigenvalue weighted by Gasteiger charge is 2.35. The van der Waals surface area contributed by atoms with Gasteiger partial charge in [-0.05, 0) is 75.0 Å². The number of rotatable bonds is 8. The molecule has 5 aromatic rings. The lowest BCUT2D eigenvalue weighted by atomic mass is 9.76. The zero-order valence-electron chi connectivity index (χ0n) is 31.4. The minimum atomic E-state index is -0.887. The van der Waals surface area contributed by atoms with E-state index >= 15 is 0 Å². The van der Waals surface area contributed by atoms with Crippen LogP contribution in [0.15, 0.2) is 67.7 Å². The highest BCUT2D eigenvalue weighted by molar-refractivity contribution is 6.20. The molecule has 5 N–H and O–H groups in total. The monoisotopic (exact) mass is 683 g/mol. The zero-order chi connectivity index (χ0) is 37.7. The number of phenolic OH excluding ortho intramolecular Hbond substituents is 1. The normalized spacial score (nSPS) is 13.9. The first-order chi connectivity index (χ1) is 23.0. The van der Waals surface area contributed by atoms with E-state index in [0.29, 0.717) is 11.2 Å². The number of phenols is 1. The van der Waals surface area contributed by atoms with E-state index in [4.69, 9.17) is 16.2 Å². The van der Waals surface area contributed by atoms with Crippen LogP contribution in [0.1, 0.15) is 101 Å². The maximum Gasteiger partial charge on any atom is 0.264 e. The van der Waals surface area contributed by atoms with Crippen LogP contribution in [0, 0.1) is 11.3 Å². The second-order valence-corrected chi connectivity index (χ2v) is 16.4. The largest absolute Gasteiger partial charge is 0.508 e. The van der Waals surface area contributed by atoms with Crippen molar-refractivity contribution in [3.05, 3.63) is 95.2 Å². The topological polar surface area (TPSA) is 155 Å². The van der Waals surface area contributed by atoms with Gasteiger partial charge in [-0.15, -0.1) is 0 Å². The summed E-state index contributed by atoms with van der Waals surface area (Å²) in [7, 11) is 0. The molecular formula is C41H53N3O6. The molecule has 0 saturated heterocycles. The van der Waals surface area contributed by atoms with E-state index in [9.17, 15) is 24.3 Å². The maximum absolute atomic E-state index is 13.5. The number of hydrogen-bond acceptors (Lipinski definition) is 8. The van der Waals surface area contributed by atoms with Crippen LogP contribution in [0.25, 0.3) is 32.3 Å². The van der Waals surface area contributed by atoms with Gasteiger partial charge in [-0.1, -0.05) is 84.9 Å². The molecule has 0 saturated carbocycles. The van der Waals surface area contributed by atoms with Crippen molar-refractivity contribution in [2.45, 2.75) is 112 Å². The Morgan fingerprint density at radius 1 is 0.700 bits per heavy atom. The lowest BCUT2D eigenvalue weighted by Crippen LogP contribution is -2.44. The van der Waals surface area contributed by atoms with Crippen molar-refractivity contribution < 1.29 is 9.84 Å². The van der Waals surface area contributed by atoms with Gasteiger partial charge in [0.1, 0.15) is 5.75 Å². The SMILES string of the molecule is CC(C)(C)CCC(C)(C)c1cccc(O)c1.CC(C)C(C)OC(C)(C)C(C)n1c(=O)c2c(N)c3c(=O)c4ccccc4c(=O)c3c(N)c2c1=O. The second-order valence-electron chi connectivity index (χ2n) is 16.4. The van der Waals surface area contributed by atoms with Crippen molar-refractivity contribution in [3.8, 4) is 5.75 Å². The molecule has 5 rings (SSSR count). The number of nitrogen functional groups attached to an aromatic ring is 2. The molecule has 0 spiro atoms. The van der Waals surface area contributed by atoms with E-state index in [0.717, 1.165) is 11.0 Å². The third-order valence-corrected chi connectivity index (χ3v) is 10.3. The highest BCUT2D eigenvalue weighted by atomic mass is 16.5. The zero-order valence-corrected chi connectivity index (χ0v) is 31.4. The van der Waals surface area contributed by atoms with Crippen LogP contribution in [0.2, 0.25) is 0 Å². The van der Waals surface area contributed by atoms with Crippen LogP contribution in [0.3, 0.4) is 0 Å². The standard InChI is InChI=1S/C26H29N3O5.C15H24O/c1-11(2)12(3)34-26(5,6)13(4)29-24(32)18-19(25(29)33)21(28)17-16(20(18)27)22(30)14-9-7-8-10-15(14)23(17)31;1-14(2,3)9-10-15(4,5)12-7-6-8-13(16)11-12/h7-13H,27-28H2,1-6H3;6-8,11,16H,9-10H2,1-5H3. The van der Waals surface area contributed by atoms with E-state index in [-0.39, 0.29) is 61.1 Å². The van der Waals surface area contributed by atoms with Crippen molar-refractivity contribution in [1.82, 2.24) is 4.57 Å². The summed E-state index contributed by atoms with van der Waals surface area (Å²) in [5.41, 5.74) is 10.7. The third-order valence-electron chi connectivity index (χ3n) is 10.3. The first-order valence-electron chi connectivity index (χ1n) is 17.3. The summed E-state index contributed by atoms with van der Waals surface area (Å²) in [5, 5.41) is 9.35. The molecule has 0 fully saturated rings. The van der Waals surface area contributed by atoms with Gasteiger partial charge in [0.25, 0.3) is 11.1 Å². The Morgan fingerprint density at radius 3 is 1.60 bits per heavy atom. The highest BCUT2D eigenvalue weighted by Crippen LogP contribution is 2.35. The summed E-state index contributed by atoms with van der Waals surface area (Å²) in [6.07, 6.45) is 2.21. The van der Waals surface area contributed by atoms with E-state index < -0.39 is 33.6 Å². The van der Waals surface area contributed by atoms with Crippen molar-refractivity contribution in [2.75, 3.05) is 11.5 Å². The average Bonchev–Trinajstić information content (AvgIpc) is 3.29. The van der Waals surface area contributed by atoms with Gasteiger partial charge in [0, 0.05) is 10.8 Å². The number of nitrogens with zero attached hydrogens (tertiary/aromatic N) is 1. The van der Waals surface area contributed by atoms with Gasteiger partial charge in [0.05, 0.1) is 50.7 Å². The molecule has 50 heavy (non-hydrogen) atoms. The summed E-state index contributed by atoms with van der Waals surface area (Å²) < 4.78 is 7.26. The van der Waals surface area contributed by atoms with Crippen molar-refractivity contribution in [3.63, 3.8) is 0 Å². The van der Waals surface area contributed by atoms with Gasteiger partial charge in [-0.3, -0.25) is 23.7 Å². The van der Waals surface area contributed by atoms with Gasteiger partial charge >= 0.3 is 0 Å². The van der Waals surface area contributed by atoms with E-state index in [1.165, 1.54) is 24.1 Å². The molecule has 0 amide bonds. The molecule has 2 unspecified atom stereocenters. The van der Waals surface area contributed by atoms with E-state index in [2.05, 4.69) is 40.7 Å². The molecule has 0 aliphatic carbocycles. The summed E-state index contributed by atoms with van der Waals surface area (Å²) >= 11 is 0. The third kappa shape index (κ3) is 7.20. The van der Waals surface area contributed by atoms with Gasteiger partial charge in [-0.2, -0.15) is 0 Å². The molecule has 9 nitrogen and oxygen atoms in total. The van der Waals surface area contributed by atoms with Crippen LogP contribution >= 0.6 is 0 Å². The van der Waals surface area contributed by atoms with Gasteiger partial charge in [0.15, 0.2) is 10.9 Å². The molecular weight excluding hydrogens is 630 g/mol. The Labute approximate surface area is 293 Å². The predicted molar refractivity (Wildman–Crippen MR) is 207 cm³/mol. The van der Waals surface area contributed by atoms with Crippen LogP contribution in [-0.4, -0.2) is 21.4 Å². The first kappa shape index (κ1) is 38.3. The molecule has 0 bridgehead atoms. The fourth-order valence-electron chi connectivity index (χ4n) is 6.32. The van der Waals surface area contributed by atoms with Gasteiger partial charge in [0.2, 0.25) is 0 Å². The molecule has 0 aliphatic heterocycles. The Hall–Kier alpha value is -4.50. The number of aromatic hydroxyl groups is 1. The number of fused-ring (bicyclic) bond motifs is 3. The molecule has 0 radical (unpaired) electrons. The Bertz CT molecular complexity index is 2160. The molecule has 1 heterocycles. The predicted octanol–water partition coefficient (Wildman–Crippen LogP) is 7.33. The van der Waals surface area contributed by atoms with Crippen LogP contribution in [-0.2, 0) is 10.2 Å². The summed E-state index contributed by atoms with van der Waals surface area (Å²) in [5.74, 6) is 0.589. The van der Waals surface area contributed by atoms with Gasteiger partial charge < -0.3 is 21.3 Å². The molecule has 1 aromatic heterocycles. The van der Waals surface area contributed by atoms with E-state index in [1.807, 2.05) is 46.8 Å². The first-order valence-corrected chi connectivity index (χ1v) is 17.3. The molecule has 0 aliphatic rings. The summed E-state index contributed by atoms with van der Waals surface area (Å²) in [6, 6.07) is 13.3. The lowest BCUT2D eigenvalue weighted by molar-refractivity contribution is -0.106. The lowest BCUT2D eigenvalue weighted by Gasteiger charge is -2.36. The fraction of sp³-hybridized carbons (Fsp3) is 0.463.